The number of nitrogens with zero attached hydrogens (tertiary/aromatic N) is 2. The highest BCUT2D eigenvalue weighted by Gasteiger charge is 2.36. The van der Waals surface area contributed by atoms with Gasteiger partial charge in [0.05, 0.1) is 35.3 Å². The van der Waals surface area contributed by atoms with E-state index in [0.717, 1.165) is 16.9 Å². The van der Waals surface area contributed by atoms with Crippen LogP contribution < -0.4 is 9.46 Å². The van der Waals surface area contributed by atoms with Crippen LogP contribution in [0.15, 0.2) is 69.1 Å². The number of aliphatic hydroxyl groups excluding tert-OH is 1. The van der Waals surface area contributed by atoms with Crippen LogP contribution in [0.1, 0.15) is 29.8 Å². The maximum Gasteiger partial charge on any atom is 0.262 e. The summed E-state index contributed by atoms with van der Waals surface area (Å²) in [4.78, 5) is 15.2. The van der Waals surface area contributed by atoms with Crippen molar-refractivity contribution >= 4 is 43.0 Å². The minimum Gasteiger partial charge on any atom is -0.486 e. The first-order valence-corrected chi connectivity index (χ1v) is 16.5. The molecule has 2 N–H and O–H groups in total. The lowest BCUT2D eigenvalue weighted by Crippen LogP contribution is -2.50. The fraction of sp³-hybridized carbons (Fsp3) is 0.370. The van der Waals surface area contributed by atoms with Gasteiger partial charge in [-0.2, -0.15) is 4.31 Å². The molecule has 2 aromatic carbocycles. The first-order chi connectivity index (χ1) is 18.8. The fourth-order valence-corrected chi connectivity index (χ4v) is 7.82. The number of para-hydroxylation sites is 1. The van der Waals surface area contributed by atoms with Crippen LogP contribution in [0.5, 0.6) is 5.75 Å². The Bertz CT molecular complexity index is 1560. The minimum atomic E-state index is -4.04. The predicted octanol–water partition coefficient (Wildman–Crippen LogP) is 3.40. The fourth-order valence-electron chi connectivity index (χ4n) is 4.38. The van der Waals surface area contributed by atoms with Crippen LogP contribution in [0.2, 0.25) is 0 Å². The number of thiophene rings is 1. The van der Waals surface area contributed by atoms with Gasteiger partial charge in [-0.25, -0.2) is 16.8 Å². The molecule has 4 rings (SSSR count). The molecule has 0 saturated carbocycles. The standard InChI is InChI=1S/C27H33N3O7S3/c1-18-10-12-21(13-11-18)39(33,34)28-23-8-5-7-22-26(23)37-24(19(2)15-30(27(22)32)20(3)17-31)16-29(4)40(35,36)25-9-6-14-38-25/h5-14,19-20,24,28,31H,15-17H2,1-4H3/t19-,20+,24+/m1/s1. The van der Waals surface area contributed by atoms with Crippen molar-refractivity contribution in [2.45, 2.75) is 42.0 Å². The first kappa shape index (κ1) is 30.0. The summed E-state index contributed by atoms with van der Waals surface area (Å²) in [5, 5.41) is 11.6. The van der Waals surface area contributed by atoms with Gasteiger partial charge in [-0.1, -0.05) is 36.8 Å². The Kier molecular flexibility index (Phi) is 8.90. The second kappa shape index (κ2) is 11.9. The number of aliphatic hydroxyl groups is 1. The molecule has 216 valence electrons. The number of aryl methyl sites for hydroxylation is 1. The van der Waals surface area contributed by atoms with Gasteiger partial charge in [-0.3, -0.25) is 9.52 Å². The summed E-state index contributed by atoms with van der Waals surface area (Å²) in [5.41, 5.74) is 1.05. The number of nitrogens with one attached hydrogen (secondary N) is 1. The zero-order valence-corrected chi connectivity index (χ0v) is 25.1. The number of rotatable bonds is 9. The number of hydrogen-bond acceptors (Lipinski definition) is 8. The second-order valence-corrected chi connectivity index (χ2v) is 14.8. The number of sulfonamides is 2. The number of amides is 1. The Morgan fingerprint density at radius 2 is 1.82 bits per heavy atom. The van der Waals surface area contributed by atoms with E-state index in [1.54, 1.807) is 36.6 Å². The molecule has 1 aliphatic heterocycles. The van der Waals surface area contributed by atoms with Crippen LogP contribution in [0.4, 0.5) is 5.69 Å². The normalized spacial score (nSPS) is 18.9. The van der Waals surface area contributed by atoms with Crippen LogP contribution in [0.3, 0.4) is 0 Å². The SMILES string of the molecule is Cc1ccc(S(=O)(=O)Nc2cccc3c2O[C@@H](CN(C)S(=O)(=O)c2cccs2)[C@H](C)CN([C@@H](C)CO)C3=O)cc1. The molecule has 1 aromatic heterocycles. The number of likely N-dealkylation sites (N-methyl/N-ethyl adjacent to an activating group) is 1. The van der Waals surface area contributed by atoms with Crippen LogP contribution in [-0.2, 0) is 20.0 Å². The molecule has 0 fully saturated rings. The molecule has 1 amide bonds. The third kappa shape index (κ3) is 6.18. The third-order valence-electron chi connectivity index (χ3n) is 6.86. The molecule has 13 heteroatoms. The van der Waals surface area contributed by atoms with Crippen molar-refractivity contribution in [1.29, 1.82) is 0 Å². The van der Waals surface area contributed by atoms with Crippen LogP contribution >= 0.6 is 11.3 Å². The van der Waals surface area contributed by atoms with E-state index in [1.165, 1.54) is 46.6 Å². The second-order valence-electron chi connectivity index (χ2n) is 9.94. The molecule has 10 nitrogen and oxygen atoms in total. The van der Waals surface area contributed by atoms with Gasteiger partial charge in [-0.15, -0.1) is 11.3 Å². The van der Waals surface area contributed by atoms with Crippen molar-refractivity contribution in [2.24, 2.45) is 5.92 Å². The quantitative estimate of drug-likeness (QED) is 0.381. The molecule has 3 atom stereocenters. The zero-order valence-electron chi connectivity index (χ0n) is 22.6. The lowest BCUT2D eigenvalue weighted by Gasteiger charge is -2.38. The monoisotopic (exact) mass is 607 g/mol. The van der Waals surface area contributed by atoms with Crippen molar-refractivity contribution < 1.29 is 31.5 Å². The summed E-state index contributed by atoms with van der Waals surface area (Å²) in [6.45, 7) is 5.22. The molecule has 0 bridgehead atoms. The third-order valence-corrected chi connectivity index (χ3v) is 11.4. The summed E-state index contributed by atoms with van der Waals surface area (Å²) in [7, 11) is -6.39. The average Bonchev–Trinajstić information content (AvgIpc) is 3.47. The molecular formula is C27H33N3O7S3. The molecule has 2 heterocycles. The number of fused-ring (bicyclic) bond motifs is 1. The van der Waals surface area contributed by atoms with E-state index in [-0.39, 0.29) is 51.7 Å². The topological polar surface area (TPSA) is 133 Å². The number of anilines is 1. The molecule has 0 saturated heterocycles. The number of carbonyl (C=O) groups excluding carboxylic acids is 1. The van der Waals surface area contributed by atoms with Gasteiger partial charge in [0.25, 0.3) is 26.0 Å². The molecule has 0 aliphatic carbocycles. The first-order valence-electron chi connectivity index (χ1n) is 12.7. The minimum absolute atomic E-state index is 0.00296. The number of hydrogen-bond donors (Lipinski definition) is 2. The molecular weight excluding hydrogens is 575 g/mol. The van der Waals surface area contributed by atoms with Gasteiger partial charge in [0, 0.05) is 19.5 Å². The van der Waals surface area contributed by atoms with Crippen LogP contribution in [-0.4, -0.2) is 75.9 Å². The predicted molar refractivity (Wildman–Crippen MR) is 154 cm³/mol. The van der Waals surface area contributed by atoms with Gasteiger partial charge < -0.3 is 14.7 Å². The van der Waals surface area contributed by atoms with Crippen LogP contribution in [0, 0.1) is 12.8 Å². The van der Waals surface area contributed by atoms with E-state index in [4.69, 9.17) is 4.74 Å². The number of ether oxygens (including phenoxy) is 1. The van der Waals surface area contributed by atoms with E-state index in [2.05, 4.69) is 4.72 Å². The molecule has 40 heavy (non-hydrogen) atoms. The van der Waals surface area contributed by atoms with Crippen LogP contribution in [0.25, 0.3) is 0 Å². The lowest BCUT2D eigenvalue weighted by molar-refractivity contribution is 0.0389. The summed E-state index contributed by atoms with van der Waals surface area (Å²) in [6.07, 6.45) is -0.759. The van der Waals surface area contributed by atoms with Gasteiger partial charge in [0.15, 0.2) is 5.75 Å². The summed E-state index contributed by atoms with van der Waals surface area (Å²) in [5.74, 6) is -0.816. The Hall–Kier alpha value is -2.97. The van der Waals surface area contributed by atoms with Crippen molar-refractivity contribution in [3.8, 4) is 5.75 Å². The highest BCUT2D eigenvalue weighted by Crippen LogP contribution is 2.36. The van der Waals surface area contributed by atoms with Crippen molar-refractivity contribution in [3.05, 3.63) is 71.1 Å². The Balaban J connectivity index is 1.76. The van der Waals surface area contributed by atoms with Gasteiger partial charge in [0.2, 0.25) is 0 Å². The van der Waals surface area contributed by atoms with E-state index in [0.29, 0.717) is 0 Å². The highest BCUT2D eigenvalue weighted by atomic mass is 32.2. The van der Waals surface area contributed by atoms with Crippen molar-refractivity contribution in [1.82, 2.24) is 9.21 Å². The smallest absolute Gasteiger partial charge is 0.262 e. The maximum atomic E-state index is 13.7. The van der Waals surface area contributed by atoms with Gasteiger partial charge >= 0.3 is 0 Å². The molecule has 0 radical (unpaired) electrons. The molecule has 1 aliphatic rings. The van der Waals surface area contributed by atoms with E-state index < -0.39 is 38.1 Å². The zero-order chi connectivity index (χ0) is 29.2. The Morgan fingerprint density at radius 3 is 2.45 bits per heavy atom. The molecule has 3 aromatic rings. The number of carbonyl (C=O) groups is 1. The van der Waals surface area contributed by atoms with Gasteiger partial charge in [-0.05, 0) is 49.6 Å². The highest BCUT2D eigenvalue weighted by molar-refractivity contribution is 7.92. The number of benzene rings is 2. The van der Waals surface area contributed by atoms with Crippen molar-refractivity contribution in [2.75, 3.05) is 31.5 Å². The maximum absolute atomic E-state index is 13.7. The molecule has 0 spiro atoms. The van der Waals surface area contributed by atoms with E-state index >= 15 is 0 Å². The van der Waals surface area contributed by atoms with E-state index in [9.17, 15) is 26.7 Å². The van der Waals surface area contributed by atoms with E-state index in [1.807, 2.05) is 13.8 Å². The lowest BCUT2D eigenvalue weighted by atomic mass is 9.99. The Labute approximate surface area is 239 Å². The molecule has 0 unspecified atom stereocenters. The summed E-state index contributed by atoms with van der Waals surface area (Å²) < 4.78 is 63.1. The Morgan fingerprint density at radius 1 is 1.12 bits per heavy atom. The van der Waals surface area contributed by atoms with Gasteiger partial charge in [0.1, 0.15) is 10.3 Å². The summed E-state index contributed by atoms with van der Waals surface area (Å²) in [6, 6.07) is 13.5. The average molecular weight is 608 g/mol. The summed E-state index contributed by atoms with van der Waals surface area (Å²) >= 11 is 1.10. The largest absolute Gasteiger partial charge is 0.486 e. The van der Waals surface area contributed by atoms with Crippen molar-refractivity contribution in [3.63, 3.8) is 0 Å².